The van der Waals surface area contributed by atoms with E-state index >= 15 is 0 Å². The first kappa shape index (κ1) is 16.3. The Kier molecular flexibility index (Phi) is 6.36. The fraction of sp³-hybridized carbons (Fsp3) is 0.562. The van der Waals surface area contributed by atoms with E-state index in [1.165, 1.54) is 0 Å². The number of benzene rings is 1. The minimum absolute atomic E-state index is 0.0731. The van der Waals surface area contributed by atoms with Crippen molar-refractivity contribution in [1.29, 1.82) is 0 Å². The summed E-state index contributed by atoms with van der Waals surface area (Å²) in [6, 6.07) is 7.50. The van der Waals surface area contributed by atoms with Gasteiger partial charge >= 0.3 is 0 Å². The summed E-state index contributed by atoms with van der Waals surface area (Å²) in [4.78, 5) is 14.3. The monoisotopic (exact) mass is 277 g/mol. The highest BCUT2D eigenvalue weighted by molar-refractivity contribution is 5.84. The van der Waals surface area contributed by atoms with Crippen LogP contribution in [0.15, 0.2) is 24.3 Å². The number of carbonyl (C=O) groups excluding carboxylic acids is 1. The second-order valence-corrected chi connectivity index (χ2v) is 5.60. The summed E-state index contributed by atoms with van der Waals surface area (Å²) in [6.45, 7) is 9.80. The quantitative estimate of drug-likeness (QED) is 0.753. The van der Waals surface area contributed by atoms with Crippen LogP contribution in [0, 0.1) is 5.92 Å². The number of nitrogens with two attached hydrogens (primary N) is 1. The van der Waals surface area contributed by atoms with Crippen molar-refractivity contribution >= 4 is 17.3 Å². The third-order valence-electron chi connectivity index (χ3n) is 3.22. The maximum absolute atomic E-state index is 12.2. The highest BCUT2D eigenvalue weighted by Crippen LogP contribution is 2.19. The Hall–Kier alpha value is -1.71. The van der Waals surface area contributed by atoms with Gasteiger partial charge in [-0.05, 0) is 43.5 Å². The summed E-state index contributed by atoms with van der Waals surface area (Å²) in [7, 11) is 0. The average Bonchev–Trinajstić information content (AvgIpc) is 2.42. The third kappa shape index (κ3) is 4.76. The van der Waals surface area contributed by atoms with E-state index in [0.29, 0.717) is 12.5 Å². The van der Waals surface area contributed by atoms with Gasteiger partial charge in [-0.2, -0.15) is 0 Å². The van der Waals surface area contributed by atoms with Crippen LogP contribution in [-0.4, -0.2) is 25.0 Å². The molecule has 0 saturated carbocycles. The predicted octanol–water partition coefficient (Wildman–Crippen LogP) is 2.65. The van der Waals surface area contributed by atoms with Crippen LogP contribution < -0.4 is 16.0 Å². The lowest BCUT2D eigenvalue weighted by atomic mass is 10.1. The Morgan fingerprint density at radius 2 is 1.85 bits per heavy atom. The third-order valence-corrected chi connectivity index (χ3v) is 3.22. The van der Waals surface area contributed by atoms with E-state index in [1.54, 1.807) is 0 Å². The summed E-state index contributed by atoms with van der Waals surface area (Å²) >= 11 is 0. The Labute approximate surface area is 122 Å². The minimum Gasteiger partial charge on any atom is -0.399 e. The molecule has 3 N–H and O–H groups in total. The van der Waals surface area contributed by atoms with Crippen molar-refractivity contribution in [3.05, 3.63) is 24.3 Å². The average molecular weight is 277 g/mol. The lowest BCUT2D eigenvalue weighted by Gasteiger charge is -2.30. The molecule has 1 rings (SSSR count). The maximum atomic E-state index is 12.2. The highest BCUT2D eigenvalue weighted by atomic mass is 16.2. The molecule has 1 aromatic rings. The van der Waals surface area contributed by atoms with Crippen LogP contribution in [0.4, 0.5) is 11.4 Å². The van der Waals surface area contributed by atoms with E-state index in [0.717, 1.165) is 24.3 Å². The molecule has 4 nitrogen and oxygen atoms in total. The number of hydrogen-bond donors (Lipinski definition) is 2. The standard InChI is InChI=1S/C16H27N3O/c1-5-10-19(15-8-6-14(17)7-9-15)13(4)16(20)18-11-12(2)3/h6-9,12-13H,5,10-11,17H2,1-4H3,(H,18,20). The molecule has 1 aromatic carbocycles. The number of rotatable bonds is 7. The van der Waals surface area contributed by atoms with Crippen LogP contribution in [0.1, 0.15) is 34.1 Å². The van der Waals surface area contributed by atoms with E-state index in [4.69, 9.17) is 5.73 Å². The normalized spacial score (nSPS) is 12.2. The summed E-state index contributed by atoms with van der Waals surface area (Å²) < 4.78 is 0. The number of nitrogens with one attached hydrogen (secondary N) is 1. The van der Waals surface area contributed by atoms with E-state index in [2.05, 4.69) is 31.0 Å². The van der Waals surface area contributed by atoms with Gasteiger partial charge in [0.25, 0.3) is 0 Å². The molecule has 1 amide bonds. The van der Waals surface area contributed by atoms with Crippen LogP contribution >= 0.6 is 0 Å². The van der Waals surface area contributed by atoms with Crippen molar-refractivity contribution in [2.24, 2.45) is 5.92 Å². The Balaban J connectivity index is 2.78. The molecule has 0 spiro atoms. The van der Waals surface area contributed by atoms with Gasteiger partial charge in [0.05, 0.1) is 0 Å². The summed E-state index contributed by atoms with van der Waals surface area (Å²) in [5.41, 5.74) is 7.49. The van der Waals surface area contributed by atoms with Crippen molar-refractivity contribution in [3.63, 3.8) is 0 Å². The number of hydrogen-bond acceptors (Lipinski definition) is 3. The van der Waals surface area contributed by atoms with Gasteiger partial charge in [0.15, 0.2) is 0 Å². The summed E-state index contributed by atoms with van der Waals surface area (Å²) in [5, 5.41) is 3.00. The van der Waals surface area contributed by atoms with Gasteiger partial charge in [0.1, 0.15) is 6.04 Å². The van der Waals surface area contributed by atoms with Gasteiger partial charge < -0.3 is 16.0 Å². The second kappa shape index (κ2) is 7.78. The van der Waals surface area contributed by atoms with Crippen LogP contribution in [0.5, 0.6) is 0 Å². The molecule has 112 valence electrons. The molecule has 0 saturated heterocycles. The summed E-state index contributed by atoms with van der Waals surface area (Å²) in [6.07, 6.45) is 0.992. The van der Waals surface area contributed by atoms with E-state index in [1.807, 2.05) is 31.2 Å². The van der Waals surface area contributed by atoms with Gasteiger partial charge in [0, 0.05) is 24.5 Å². The number of nitrogens with zero attached hydrogens (tertiary/aromatic N) is 1. The fourth-order valence-electron chi connectivity index (χ4n) is 2.05. The number of carbonyl (C=O) groups is 1. The van der Waals surface area contributed by atoms with Crippen molar-refractivity contribution < 1.29 is 4.79 Å². The molecular weight excluding hydrogens is 250 g/mol. The molecule has 4 heteroatoms. The molecule has 0 fully saturated rings. The zero-order valence-electron chi connectivity index (χ0n) is 13.0. The van der Waals surface area contributed by atoms with Crippen LogP contribution in [-0.2, 0) is 4.79 Å². The first-order chi connectivity index (χ1) is 9.45. The Bertz CT molecular complexity index is 414. The summed E-state index contributed by atoms with van der Waals surface area (Å²) in [5.74, 6) is 0.534. The molecule has 0 aliphatic heterocycles. The lowest BCUT2D eigenvalue weighted by Crippen LogP contribution is -2.46. The van der Waals surface area contributed by atoms with Gasteiger partial charge in [0.2, 0.25) is 5.91 Å². The maximum Gasteiger partial charge on any atom is 0.242 e. The van der Waals surface area contributed by atoms with E-state index in [9.17, 15) is 4.79 Å². The molecule has 1 atom stereocenters. The van der Waals surface area contributed by atoms with Crippen LogP contribution in [0.3, 0.4) is 0 Å². The van der Waals surface area contributed by atoms with Crippen molar-refractivity contribution in [1.82, 2.24) is 5.32 Å². The highest BCUT2D eigenvalue weighted by Gasteiger charge is 2.20. The van der Waals surface area contributed by atoms with Gasteiger partial charge in [-0.3, -0.25) is 4.79 Å². The van der Waals surface area contributed by atoms with Crippen molar-refractivity contribution in [2.75, 3.05) is 23.7 Å². The number of anilines is 2. The van der Waals surface area contributed by atoms with Crippen molar-refractivity contribution in [3.8, 4) is 0 Å². The first-order valence-corrected chi connectivity index (χ1v) is 7.35. The molecule has 20 heavy (non-hydrogen) atoms. The molecule has 0 aromatic heterocycles. The van der Waals surface area contributed by atoms with E-state index < -0.39 is 0 Å². The molecule has 0 radical (unpaired) electrons. The topological polar surface area (TPSA) is 58.4 Å². The smallest absolute Gasteiger partial charge is 0.242 e. The molecule has 1 unspecified atom stereocenters. The molecule has 0 aliphatic carbocycles. The number of nitrogen functional groups attached to an aromatic ring is 1. The zero-order valence-corrected chi connectivity index (χ0v) is 13.0. The molecular formula is C16H27N3O. The largest absolute Gasteiger partial charge is 0.399 e. The fourth-order valence-corrected chi connectivity index (χ4v) is 2.05. The Morgan fingerprint density at radius 1 is 1.25 bits per heavy atom. The second-order valence-electron chi connectivity index (χ2n) is 5.60. The first-order valence-electron chi connectivity index (χ1n) is 7.35. The van der Waals surface area contributed by atoms with Crippen molar-refractivity contribution in [2.45, 2.75) is 40.2 Å². The molecule has 0 bridgehead atoms. The number of amides is 1. The van der Waals surface area contributed by atoms with Crippen LogP contribution in [0.25, 0.3) is 0 Å². The van der Waals surface area contributed by atoms with Gasteiger partial charge in [-0.25, -0.2) is 0 Å². The van der Waals surface area contributed by atoms with E-state index in [-0.39, 0.29) is 11.9 Å². The minimum atomic E-state index is -0.183. The van der Waals surface area contributed by atoms with Gasteiger partial charge in [-0.15, -0.1) is 0 Å². The lowest BCUT2D eigenvalue weighted by molar-refractivity contribution is -0.122. The predicted molar refractivity (Wildman–Crippen MR) is 85.8 cm³/mol. The SMILES string of the molecule is CCCN(c1ccc(N)cc1)C(C)C(=O)NCC(C)C. The zero-order chi connectivity index (χ0) is 15.1. The molecule has 0 heterocycles. The van der Waals surface area contributed by atoms with Crippen LogP contribution in [0.2, 0.25) is 0 Å². The molecule has 0 aliphatic rings. The Morgan fingerprint density at radius 3 is 2.35 bits per heavy atom. The van der Waals surface area contributed by atoms with Gasteiger partial charge in [-0.1, -0.05) is 20.8 Å².